The van der Waals surface area contributed by atoms with Gasteiger partial charge in [-0.1, -0.05) is 33.8 Å². The van der Waals surface area contributed by atoms with Gasteiger partial charge in [-0.05, 0) is 30.9 Å². The fourth-order valence-electron chi connectivity index (χ4n) is 2.60. The maximum absolute atomic E-state index is 11.6. The molecule has 0 radical (unpaired) electrons. The van der Waals surface area contributed by atoms with Crippen LogP contribution < -0.4 is 15.8 Å². The maximum Gasteiger partial charge on any atom is 0.240 e. The fourth-order valence-corrected chi connectivity index (χ4v) is 3.28. The number of nitrogen functional groups attached to an aromatic ring is 1. The van der Waals surface area contributed by atoms with Crippen LogP contribution in [0.2, 0.25) is 0 Å². The van der Waals surface area contributed by atoms with Gasteiger partial charge in [0.15, 0.2) is 0 Å². The molecule has 0 aliphatic rings. The number of anilines is 2. The molecule has 1 aromatic carbocycles. The predicted octanol–water partition coefficient (Wildman–Crippen LogP) is 2.57. The van der Waals surface area contributed by atoms with E-state index in [1.807, 2.05) is 6.07 Å². The van der Waals surface area contributed by atoms with Crippen molar-refractivity contribution in [3.63, 3.8) is 0 Å². The van der Waals surface area contributed by atoms with Gasteiger partial charge in [-0.15, -0.1) is 0 Å². The zero-order valence-corrected chi connectivity index (χ0v) is 14.2. The van der Waals surface area contributed by atoms with Crippen LogP contribution in [-0.2, 0) is 10.0 Å². The van der Waals surface area contributed by atoms with Gasteiger partial charge < -0.3 is 10.6 Å². The molecule has 0 unspecified atom stereocenters. The molecule has 0 aromatic heterocycles. The van der Waals surface area contributed by atoms with Crippen LogP contribution in [0.3, 0.4) is 0 Å². The van der Waals surface area contributed by atoms with Gasteiger partial charge in [0, 0.05) is 12.6 Å². The summed E-state index contributed by atoms with van der Waals surface area (Å²) in [5, 5.41) is 5.24. The molecule has 0 saturated carbocycles. The summed E-state index contributed by atoms with van der Waals surface area (Å²) in [6, 6.07) is 5.34. The third-order valence-electron chi connectivity index (χ3n) is 3.60. The summed E-state index contributed by atoms with van der Waals surface area (Å²) in [7, 11) is -3.81. The second-order valence-electron chi connectivity index (χ2n) is 5.75. The van der Waals surface area contributed by atoms with Crippen molar-refractivity contribution in [3.8, 4) is 0 Å². The molecule has 0 atom stereocenters. The van der Waals surface area contributed by atoms with Crippen LogP contribution in [0.15, 0.2) is 23.1 Å². The molecule has 0 aliphatic heterocycles. The van der Waals surface area contributed by atoms with Crippen molar-refractivity contribution < 1.29 is 8.42 Å². The highest BCUT2D eigenvalue weighted by Crippen LogP contribution is 2.32. The molecule has 0 spiro atoms. The topological polar surface area (TPSA) is 89.4 Å². The molecule has 5 nitrogen and oxygen atoms in total. The van der Waals surface area contributed by atoms with Crippen molar-refractivity contribution in [2.45, 2.75) is 51.5 Å². The van der Waals surface area contributed by atoms with E-state index in [0.717, 1.165) is 25.1 Å². The number of rotatable bonds is 7. The van der Waals surface area contributed by atoms with Crippen LogP contribution >= 0.6 is 0 Å². The summed E-state index contributed by atoms with van der Waals surface area (Å²) in [6.45, 7) is 9.34. The standard InChI is InChI=1S/C15H27N3O2S/c1-5-12(6-2)18(10-11(3)4)13-8-7-9-14(15(13)16)21(17,19)20/h7-9,11-12H,5-6,10,16H2,1-4H3,(H2,17,19,20). The fraction of sp³-hybridized carbons (Fsp3) is 0.600. The van der Waals surface area contributed by atoms with Crippen molar-refractivity contribution >= 4 is 21.4 Å². The number of hydrogen-bond donors (Lipinski definition) is 2. The largest absolute Gasteiger partial charge is 0.396 e. The second-order valence-corrected chi connectivity index (χ2v) is 7.28. The summed E-state index contributed by atoms with van der Waals surface area (Å²) in [6.07, 6.45) is 1.95. The summed E-state index contributed by atoms with van der Waals surface area (Å²) in [5.41, 5.74) is 7.09. The molecule has 0 bridgehead atoms. The van der Waals surface area contributed by atoms with Crippen LogP contribution in [0.4, 0.5) is 11.4 Å². The highest BCUT2D eigenvalue weighted by atomic mass is 32.2. The SMILES string of the molecule is CCC(CC)N(CC(C)C)c1cccc(S(N)(=O)=O)c1N. The number of para-hydroxylation sites is 1. The molecular weight excluding hydrogens is 286 g/mol. The Morgan fingerprint density at radius 1 is 1.19 bits per heavy atom. The Morgan fingerprint density at radius 3 is 2.19 bits per heavy atom. The van der Waals surface area contributed by atoms with E-state index in [1.54, 1.807) is 6.07 Å². The number of sulfonamides is 1. The Balaban J connectivity index is 3.38. The molecule has 21 heavy (non-hydrogen) atoms. The zero-order valence-electron chi connectivity index (χ0n) is 13.3. The molecule has 120 valence electrons. The molecule has 0 heterocycles. The lowest BCUT2D eigenvalue weighted by Gasteiger charge is -2.35. The molecule has 0 aliphatic carbocycles. The monoisotopic (exact) mass is 313 g/mol. The van der Waals surface area contributed by atoms with Crippen LogP contribution in [0.25, 0.3) is 0 Å². The van der Waals surface area contributed by atoms with Crippen molar-refractivity contribution in [2.24, 2.45) is 11.1 Å². The normalized spacial score (nSPS) is 12.1. The van der Waals surface area contributed by atoms with Gasteiger partial charge in [0.2, 0.25) is 10.0 Å². The van der Waals surface area contributed by atoms with E-state index in [0.29, 0.717) is 12.0 Å². The number of primary sulfonamides is 1. The molecule has 0 fully saturated rings. The minimum absolute atomic E-state index is 0.000266. The predicted molar refractivity (Wildman–Crippen MR) is 88.8 cm³/mol. The lowest BCUT2D eigenvalue weighted by Crippen LogP contribution is -2.38. The lowest BCUT2D eigenvalue weighted by molar-refractivity contribution is 0.508. The molecule has 4 N–H and O–H groups in total. The minimum Gasteiger partial charge on any atom is -0.396 e. The highest BCUT2D eigenvalue weighted by molar-refractivity contribution is 7.89. The van der Waals surface area contributed by atoms with E-state index in [2.05, 4.69) is 32.6 Å². The van der Waals surface area contributed by atoms with Crippen molar-refractivity contribution in [1.82, 2.24) is 0 Å². The minimum atomic E-state index is -3.81. The molecule has 0 amide bonds. The van der Waals surface area contributed by atoms with Crippen LogP contribution in [-0.4, -0.2) is 21.0 Å². The summed E-state index contributed by atoms with van der Waals surface area (Å²) < 4.78 is 23.3. The molecular formula is C15H27N3O2S. The average molecular weight is 313 g/mol. The Hall–Kier alpha value is -1.27. The summed E-state index contributed by atoms with van der Waals surface area (Å²) in [5.74, 6) is 0.447. The van der Waals surface area contributed by atoms with E-state index in [9.17, 15) is 8.42 Å². The number of hydrogen-bond acceptors (Lipinski definition) is 4. The molecule has 1 rings (SSSR count). The van der Waals surface area contributed by atoms with Gasteiger partial charge in [-0.2, -0.15) is 0 Å². The van der Waals surface area contributed by atoms with Crippen molar-refractivity contribution in [1.29, 1.82) is 0 Å². The maximum atomic E-state index is 11.6. The van der Waals surface area contributed by atoms with Gasteiger partial charge in [0.25, 0.3) is 0 Å². The molecule has 6 heteroatoms. The van der Waals surface area contributed by atoms with Crippen LogP contribution in [0, 0.1) is 5.92 Å². The van der Waals surface area contributed by atoms with Crippen molar-refractivity contribution in [3.05, 3.63) is 18.2 Å². The molecule has 0 saturated heterocycles. The van der Waals surface area contributed by atoms with Gasteiger partial charge >= 0.3 is 0 Å². The van der Waals surface area contributed by atoms with E-state index in [1.165, 1.54) is 6.07 Å². The first kappa shape index (κ1) is 17.8. The van der Waals surface area contributed by atoms with Gasteiger partial charge in [0.1, 0.15) is 4.90 Å². The third kappa shape index (κ3) is 4.35. The van der Waals surface area contributed by atoms with Crippen molar-refractivity contribution in [2.75, 3.05) is 17.2 Å². The first-order chi connectivity index (χ1) is 9.72. The summed E-state index contributed by atoms with van der Waals surface area (Å²) >= 11 is 0. The van der Waals surface area contributed by atoms with E-state index < -0.39 is 10.0 Å². The smallest absolute Gasteiger partial charge is 0.240 e. The first-order valence-corrected chi connectivity index (χ1v) is 8.94. The Kier molecular flexibility index (Phi) is 6.04. The number of nitrogens with zero attached hydrogens (tertiary/aromatic N) is 1. The Bertz CT molecular complexity index is 566. The van der Waals surface area contributed by atoms with Crippen LogP contribution in [0.1, 0.15) is 40.5 Å². The average Bonchev–Trinajstić information content (AvgIpc) is 2.37. The summed E-state index contributed by atoms with van der Waals surface area (Å²) in [4.78, 5) is 2.20. The third-order valence-corrected chi connectivity index (χ3v) is 4.57. The number of nitrogens with two attached hydrogens (primary N) is 2. The Labute approximate surface area is 128 Å². The van der Waals surface area contributed by atoms with Gasteiger partial charge in [-0.25, -0.2) is 13.6 Å². The molecule has 1 aromatic rings. The van der Waals surface area contributed by atoms with E-state index >= 15 is 0 Å². The first-order valence-electron chi connectivity index (χ1n) is 7.40. The lowest BCUT2D eigenvalue weighted by atomic mass is 10.1. The van der Waals surface area contributed by atoms with Crippen LogP contribution in [0.5, 0.6) is 0 Å². The van der Waals surface area contributed by atoms with Gasteiger partial charge in [-0.3, -0.25) is 0 Å². The van der Waals surface area contributed by atoms with E-state index in [4.69, 9.17) is 10.9 Å². The zero-order chi connectivity index (χ0) is 16.2. The highest BCUT2D eigenvalue weighted by Gasteiger charge is 2.22. The Morgan fingerprint density at radius 2 is 1.76 bits per heavy atom. The quantitative estimate of drug-likeness (QED) is 0.757. The van der Waals surface area contributed by atoms with Gasteiger partial charge in [0.05, 0.1) is 11.4 Å². The number of benzene rings is 1. The second kappa shape index (κ2) is 7.13. The van der Waals surface area contributed by atoms with E-state index in [-0.39, 0.29) is 10.6 Å².